The van der Waals surface area contributed by atoms with E-state index >= 15 is 0 Å². The first-order valence-corrected chi connectivity index (χ1v) is 10.7. The second kappa shape index (κ2) is 6.44. The van der Waals surface area contributed by atoms with E-state index in [1.165, 1.54) is 19.3 Å². The van der Waals surface area contributed by atoms with Crippen molar-refractivity contribution in [1.29, 1.82) is 0 Å². The van der Waals surface area contributed by atoms with Gasteiger partial charge in [0.05, 0.1) is 17.4 Å². The first-order chi connectivity index (χ1) is 13.5. The number of nitrogens with one attached hydrogen (secondary N) is 1. The fourth-order valence-corrected chi connectivity index (χ4v) is 6.60. The smallest absolute Gasteiger partial charge is 0.211 e. The molecule has 0 spiro atoms. The van der Waals surface area contributed by atoms with Crippen LogP contribution in [0.2, 0.25) is 0 Å². The highest BCUT2D eigenvalue weighted by Gasteiger charge is 2.65. The van der Waals surface area contributed by atoms with Crippen molar-refractivity contribution in [2.45, 2.75) is 74.5 Å². The highest BCUT2D eigenvalue weighted by atomic mass is 16.3. The molecule has 6 nitrogen and oxygen atoms in total. The molecular weight excluding hydrogens is 356 g/mol. The summed E-state index contributed by atoms with van der Waals surface area (Å²) in [5, 5.41) is 36.3. The van der Waals surface area contributed by atoms with Crippen LogP contribution in [0.1, 0.15) is 56.1 Å². The summed E-state index contributed by atoms with van der Waals surface area (Å²) in [6, 6.07) is 3.74. The van der Waals surface area contributed by atoms with Crippen LogP contribution in [0.5, 0.6) is 5.75 Å². The number of phenols is 1. The van der Waals surface area contributed by atoms with Crippen LogP contribution in [0.15, 0.2) is 12.1 Å². The van der Waals surface area contributed by atoms with Gasteiger partial charge in [-0.2, -0.15) is 0 Å². The number of hydrogen-bond acceptors (Lipinski definition) is 5. The van der Waals surface area contributed by atoms with Gasteiger partial charge < -0.3 is 20.6 Å². The summed E-state index contributed by atoms with van der Waals surface area (Å²) in [5.74, 6) is 0.794. The van der Waals surface area contributed by atoms with Crippen molar-refractivity contribution in [1.82, 2.24) is 4.90 Å². The predicted octanol–water partition coefficient (Wildman–Crippen LogP) is 1.90. The molecule has 1 heterocycles. The van der Waals surface area contributed by atoms with E-state index in [0.29, 0.717) is 37.8 Å². The lowest BCUT2D eigenvalue weighted by Crippen LogP contribution is -2.73. The number of hydrogen-bond donors (Lipinski definition) is 4. The molecule has 3 aliphatic carbocycles. The van der Waals surface area contributed by atoms with Crippen LogP contribution in [0.25, 0.3) is 0 Å². The van der Waals surface area contributed by atoms with E-state index < -0.39 is 17.1 Å². The lowest BCUT2D eigenvalue weighted by atomic mass is 9.49. The second-order valence-electron chi connectivity index (χ2n) is 9.42. The Hall–Kier alpha value is -1.63. The molecule has 0 unspecified atom stereocenters. The van der Waals surface area contributed by atoms with E-state index in [1.807, 2.05) is 6.07 Å². The zero-order chi connectivity index (χ0) is 19.5. The van der Waals surface area contributed by atoms with E-state index in [4.69, 9.17) is 0 Å². The Labute approximate surface area is 165 Å². The number of phenolic OH excluding ortho intramolecular Hbond substituents is 1. The minimum absolute atomic E-state index is 0.0196. The fourth-order valence-electron chi connectivity index (χ4n) is 6.60. The summed E-state index contributed by atoms with van der Waals surface area (Å²) in [7, 11) is 0. The lowest BCUT2D eigenvalue weighted by molar-refractivity contribution is -0.185. The number of aliphatic hydroxyl groups excluding tert-OH is 1. The molecule has 1 aromatic carbocycles. The zero-order valence-corrected chi connectivity index (χ0v) is 16.2. The Morgan fingerprint density at radius 3 is 2.79 bits per heavy atom. The monoisotopic (exact) mass is 386 g/mol. The maximum atomic E-state index is 12.1. The van der Waals surface area contributed by atoms with Gasteiger partial charge in [-0.05, 0) is 69.0 Å². The van der Waals surface area contributed by atoms with Crippen molar-refractivity contribution >= 4 is 12.1 Å². The summed E-state index contributed by atoms with van der Waals surface area (Å²) < 4.78 is 0. The van der Waals surface area contributed by atoms with E-state index in [-0.39, 0.29) is 11.8 Å². The van der Waals surface area contributed by atoms with E-state index in [0.717, 1.165) is 36.6 Å². The van der Waals surface area contributed by atoms with Gasteiger partial charge in [0.25, 0.3) is 0 Å². The molecule has 4 N–H and O–H groups in total. The van der Waals surface area contributed by atoms with E-state index in [1.54, 1.807) is 6.07 Å². The molecule has 28 heavy (non-hydrogen) atoms. The van der Waals surface area contributed by atoms with Gasteiger partial charge in [-0.1, -0.05) is 12.5 Å². The Kier molecular flexibility index (Phi) is 4.23. The maximum absolute atomic E-state index is 12.1. The third-order valence-corrected chi connectivity index (χ3v) is 8.18. The summed E-state index contributed by atoms with van der Waals surface area (Å²) in [6.45, 7) is 1.91. The standard InChI is InChI=1S/C22H30N2O4/c25-13-23-17-5-4-15-10-18-22(28)7-6-16(26)11-21(22,19(15)20(17)27)8-9-24(18)12-14-2-1-3-14/h4-5,13-14,16,18,26-28H,1-3,6-12H2,(H,23,25)/t16-,18-,21-,22-/m1/s1. The maximum Gasteiger partial charge on any atom is 0.211 e. The van der Waals surface area contributed by atoms with Crippen LogP contribution in [-0.4, -0.2) is 57.5 Å². The third kappa shape index (κ3) is 2.41. The predicted molar refractivity (Wildman–Crippen MR) is 105 cm³/mol. The van der Waals surface area contributed by atoms with Crippen molar-refractivity contribution in [2.75, 3.05) is 18.4 Å². The number of carbonyl (C=O) groups is 1. The number of amides is 1. The quantitative estimate of drug-likeness (QED) is 0.469. The number of carbonyl (C=O) groups excluding carboxylic acids is 1. The molecule has 4 atom stereocenters. The average molecular weight is 386 g/mol. The summed E-state index contributed by atoms with van der Waals surface area (Å²) in [5.41, 5.74) is 0.541. The minimum atomic E-state index is -0.960. The van der Waals surface area contributed by atoms with Gasteiger partial charge in [0.2, 0.25) is 6.41 Å². The van der Waals surface area contributed by atoms with E-state index in [9.17, 15) is 20.1 Å². The summed E-state index contributed by atoms with van der Waals surface area (Å²) in [4.78, 5) is 13.4. The second-order valence-corrected chi connectivity index (χ2v) is 9.42. The molecule has 1 aliphatic heterocycles. The number of benzene rings is 1. The van der Waals surface area contributed by atoms with Gasteiger partial charge in [-0.25, -0.2) is 0 Å². The first kappa shape index (κ1) is 18.4. The largest absolute Gasteiger partial charge is 0.505 e. The number of aromatic hydroxyl groups is 1. The van der Waals surface area contributed by atoms with Crippen molar-refractivity contribution < 1.29 is 20.1 Å². The average Bonchev–Trinajstić information content (AvgIpc) is 2.62. The first-order valence-electron chi connectivity index (χ1n) is 10.7. The van der Waals surface area contributed by atoms with Gasteiger partial charge in [-0.3, -0.25) is 9.69 Å². The molecule has 1 amide bonds. The number of piperidine rings is 1. The SMILES string of the molecule is O=CNc1ccc2c(c1O)[C@]13CCN(CC4CCC4)[C@H](C2)[C@]1(O)CC[C@@H](O)C3. The van der Waals surface area contributed by atoms with Crippen LogP contribution < -0.4 is 5.32 Å². The van der Waals surface area contributed by atoms with Gasteiger partial charge in [0, 0.05) is 23.6 Å². The summed E-state index contributed by atoms with van der Waals surface area (Å²) in [6.07, 6.45) is 6.97. The molecule has 5 rings (SSSR count). The zero-order valence-electron chi connectivity index (χ0n) is 16.2. The van der Waals surface area contributed by atoms with Gasteiger partial charge in [-0.15, -0.1) is 0 Å². The van der Waals surface area contributed by atoms with Crippen molar-refractivity contribution in [3.05, 3.63) is 23.3 Å². The van der Waals surface area contributed by atoms with Crippen LogP contribution >= 0.6 is 0 Å². The normalized spacial score (nSPS) is 37.5. The number of rotatable bonds is 4. The highest BCUT2D eigenvalue weighted by Crippen LogP contribution is 2.61. The van der Waals surface area contributed by atoms with Crippen molar-refractivity contribution in [3.63, 3.8) is 0 Å². The number of nitrogens with zero attached hydrogens (tertiary/aromatic N) is 1. The molecule has 6 heteroatoms. The Balaban J connectivity index is 1.63. The number of anilines is 1. The number of likely N-dealkylation sites (tertiary alicyclic amines) is 1. The Morgan fingerprint density at radius 2 is 2.07 bits per heavy atom. The van der Waals surface area contributed by atoms with Gasteiger partial charge in [0.1, 0.15) is 5.75 Å². The van der Waals surface area contributed by atoms with Crippen LogP contribution in [0.4, 0.5) is 5.69 Å². The molecule has 0 radical (unpaired) electrons. The molecular formula is C22H30N2O4. The Morgan fingerprint density at radius 1 is 1.25 bits per heavy atom. The molecule has 0 aromatic heterocycles. The number of aliphatic hydroxyl groups is 2. The van der Waals surface area contributed by atoms with Crippen LogP contribution in [0, 0.1) is 5.92 Å². The fraction of sp³-hybridized carbons (Fsp3) is 0.682. The van der Waals surface area contributed by atoms with Crippen molar-refractivity contribution in [2.24, 2.45) is 5.92 Å². The topological polar surface area (TPSA) is 93.0 Å². The van der Waals surface area contributed by atoms with Crippen LogP contribution in [0.3, 0.4) is 0 Å². The number of fused-ring (bicyclic) bond motifs is 1. The molecule has 2 saturated carbocycles. The molecule has 1 saturated heterocycles. The molecule has 1 aromatic rings. The third-order valence-electron chi connectivity index (χ3n) is 8.18. The van der Waals surface area contributed by atoms with E-state index in [2.05, 4.69) is 10.2 Å². The Bertz CT molecular complexity index is 795. The summed E-state index contributed by atoms with van der Waals surface area (Å²) >= 11 is 0. The van der Waals surface area contributed by atoms with Crippen molar-refractivity contribution in [3.8, 4) is 5.75 Å². The molecule has 3 fully saturated rings. The highest BCUT2D eigenvalue weighted by molar-refractivity contribution is 5.78. The van der Waals surface area contributed by atoms with Gasteiger partial charge >= 0.3 is 0 Å². The minimum Gasteiger partial charge on any atom is -0.505 e. The van der Waals surface area contributed by atoms with Gasteiger partial charge in [0.15, 0.2) is 0 Å². The molecule has 2 bridgehead atoms. The molecule has 152 valence electrons. The molecule has 4 aliphatic rings. The lowest BCUT2D eigenvalue weighted by Gasteiger charge is -2.64. The van der Waals surface area contributed by atoms with Crippen LogP contribution in [-0.2, 0) is 16.6 Å².